The van der Waals surface area contributed by atoms with Gasteiger partial charge in [0.2, 0.25) is 0 Å². The molecular formula is C15H21ClN2O3. The van der Waals surface area contributed by atoms with Gasteiger partial charge in [-0.1, -0.05) is 11.6 Å². The number of aromatic nitrogens is 1. The zero-order chi connectivity index (χ0) is 15.5. The molecule has 0 aromatic carbocycles. The fraction of sp³-hybridized carbons (Fsp3) is 0.600. The molecule has 1 aliphatic heterocycles. The third kappa shape index (κ3) is 4.77. The van der Waals surface area contributed by atoms with Gasteiger partial charge in [0.1, 0.15) is 18.0 Å². The Balaban J connectivity index is 1.91. The van der Waals surface area contributed by atoms with E-state index in [9.17, 15) is 4.79 Å². The van der Waals surface area contributed by atoms with Crippen LogP contribution >= 0.6 is 11.6 Å². The molecular weight excluding hydrogens is 292 g/mol. The van der Waals surface area contributed by atoms with Gasteiger partial charge in [0.05, 0.1) is 17.3 Å². The molecule has 21 heavy (non-hydrogen) atoms. The normalized spacial score (nSPS) is 18.7. The molecule has 0 bridgehead atoms. The summed E-state index contributed by atoms with van der Waals surface area (Å²) in [5, 5.41) is 0.530. The van der Waals surface area contributed by atoms with Gasteiger partial charge in [-0.05, 0) is 33.6 Å². The zero-order valence-corrected chi connectivity index (χ0v) is 13.4. The summed E-state index contributed by atoms with van der Waals surface area (Å²) in [5.74, 6) is 0.610. The van der Waals surface area contributed by atoms with Crippen molar-refractivity contribution in [2.24, 2.45) is 0 Å². The molecule has 1 amide bonds. The van der Waals surface area contributed by atoms with Crippen LogP contribution in [0.25, 0.3) is 0 Å². The van der Waals surface area contributed by atoms with E-state index in [2.05, 4.69) is 4.98 Å². The molecule has 5 nitrogen and oxygen atoms in total. The number of hydrogen-bond acceptors (Lipinski definition) is 4. The van der Waals surface area contributed by atoms with Gasteiger partial charge in [-0.2, -0.15) is 0 Å². The molecule has 1 saturated heterocycles. The van der Waals surface area contributed by atoms with E-state index in [1.54, 1.807) is 23.4 Å². The van der Waals surface area contributed by atoms with Crippen LogP contribution < -0.4 is 4.74 Å². The van der Waals surface area contributed by atoms with Crippen LogP contribution in [-0.4, -0.2) is 40.8 Å². The predicted octanol–water partition coefficient (Wildman–Crippen LogP) is 3.51. The van der Waals surface area contributed by atoms with Gasteiger partial charge in [-0.3, -0.25) is 4.98 Å². The van der Waals surface area contributed by atoms with Crippen LogP contribution in [0.3, 0.4) is 0 Å². The van der Waals surface area contributed by atoms with Crippen LogP contribution in [-0.2, 0) is 4.74 Å². The molecule has 1 atom stereocenters. The number of carbonyl (C=O) groups is 1. The summed E-state index contributed by atoms with van der Waals surface area (Å²) in [5.41, 5.74) is -0.484. The monoisotopic (exact) mass is 312 g/mol. The molecule has 0 N–H and O–H groups in total. The van der Waals surface area contributed by atoms with E-state index in [4.69, 9.17) is 21.1 Å². The highest BCUT2D eigenvalue weighted by atomic mass is 35.5. The molecule has 1 aromatic rings. The van der Waals surface area contributed by atoms with Gasteiger partial charge in [0.15, 0.2) is 0 Å². The van der Waals surface area contributed by atoms with Crippen molar-refractivity contribution in [3.05, 3.63) is 23.5 Å². The summed E-state index contributed by atoms with van der Waals surface area (Å²) >= 11 is 5.86. The van der Waals surface area contributed by atoms with Crippen LogP contribution in [0, 0.1) is 0 Å². The van der Waals surface area contributed by atoms with Crippen LogP contribution in [0.15, 0.2) is 18.5 Å². The smallest absolute Gasteiger partial charge is 0.410 e. The van der Waals surface area contributed by atoms with Crippen molar-refractivity contribution in [3.8, 4) is 5.75 Å². The number of rotatable bonds is 3. The number of hydrogen-bond donors (Lipinski definition) is 0. The molecule has 0 aliphatic carbocycles. The van der Waals surface area contributed by atoms with E-state index in [1.165, 1.54) is 0 Å². The first kappa shape index (κ1) is 15.9. The van der Waals surface area contributed by atoms with E-state index in [0.29, 0.717) is 23.9 Å². The summed E-state index contributed by atoms with van der Waals surface area (Å²) in [7, 11) is 0. The maximum atomic E-state index is 12.2. The maximum absolute atomic E-state index is 12.2. The second kappa shape index (κ2) is 6.52. The first-order valence-electron chi connectivity index (χ1n) is 7.08. The fourth-order valence-corrected chi connectivity index (χ4v) is 2.40. The van der Waals surface area contributed by atoms with Crippen molar-refractivity contribution in [2.45, 2.75) is 45.3 Å². The van der Waals surface area contributed by atoms with Crippen molar-refractivity contribution in [2.75, 3.05) is 13.2 Å². The molecule has 0 saturated carbocycles. The number of ether oxygens (including phenoxy) is 2. The number of nitrogens with zero attached hydrogens (tertiary/aromatic N) is 2. The summed E-state index contributed by atoms with van der Waals surface area (Å²) in [6, 6.07) is 1.74. The number of pyridine rings is 1. The highest BCUT2D eigenvalue weighted by Gasteiger charge is 2.32. The van der Waals surface area contributed by atoms with Gasteiger partial charge >= 0.3 is 6.09 Å². The minimum absolute atomic E-state index is 0.0267. The lowest BCUT2D eigenvalue weighted by atomic mass is 10.2. The largest absolute Gasteiger partial charge is 0.490 e. The Hall–Kier alpha value is -1.49. The summed E-state index contributed by atoms with van der Waals surface area (Å²) in [6.45, 7) is 6.72. The first-order valence-corrected chi connectivity index (χ1v) is 7.46. The molecule has 2 heterocycles. The topological polar surface area (TPSA) is 51.7 Å². The second-order valence-corrected chi connectivity index (χ2v) is 6.56. The quantitative estimate of drug-likeness (QED) is 0.857. The summed E-state index contributed by atoms with van der Waals surface area (Å²) in [4.78, 5) is 17.9. The second-order valence-electron chi connectivity index (χ2n) is 6.12. The molecule has 1 aliphatic rings. The molecule has 0 spiro atoms. The molecule has 0 radical (unpaired) electrons. The SMILES string of the molecule is CC(C)(C)OC(=O)N1CCC[C@H]1COc1cncc(Cl)c1. The average Bonchev–Trinajstić information content (AvgIpc) is 2.83. The van der Waals surface area contributed by atoms with E-state index in [1.807, 2.05) is 20.8 Å². The number of amides is 1. The van der Waals surface area contributed by atoms with E-state index >= 15 is 0 Å². The average molecular weight is 313 g/mol. The Morgan fingerprint density at radius 2 is 2.24 bits per heavy atom. The van der Waals surface area contributed by atoms with Gasteiger partial charge in [0, 0.05) is 18.8 Å². The fourth-order valence-electron chi connectivity index (χ4n) is 2.23. The van der Waals surface area contributed by atoms with Crippen molar-refractivity contribution >= 4 is 17.7 Å². The van der Waals surface area contributed by atoms with Gasteiger partial charge < -0.3 is 14.4 Å². The molecule has 116 valence electrons. The Morgan fingerprint density at radius 3 is 2.90 bits per heavy atom. The Labute approximate surface area is 130 Å². The third-order valence-electron chi connectivity index (χ3n) is 3.13. The van der Waals surface area contributed by atoms with E-state index < -0.39 is 5.60 Å². The predicted molar refractivity (Wildman–Crippen MR) is 80.7 cm³/mol. The Morgan fingerprint density at radius 1 is 1.48 bits per heavy atom. The standard InChI is InChI=1S/C15H21ClN2O3/c1-15(2,3)21-14(19)18-6-4-5-12(18)10-20-13-7-11(16)8-17-9-13/h7-9,12H,4-6,10H2,1-3H3/t12-/m0/s1. The lowest BCUT2D eigenvalue weighted by Gasteiger charge is -2.28. The van der Waals surface area contributed by atoms with Crippen LogP contribution in [0.5, 0.6) is 5.75 Å². The molecule has 1 aromatic heterocycles. The lowest BCUT2D eigenvalue weighted by Crippen LogP contribution is -2.42. The highest BCUT2D eigenvalue weighted by molar-refractivity contribution is 6.30. The minimum Gasteiger partial charge on any atom is -0.490 e. The van der Waals surface area contributed by atoms with Gasteiger partial charge in [0.25, 0.3) is 0 Å². The number of carbonyl (C=O) groups excluding carboxylic acids is 1. The van der Waals surface area contributed by atoms with E-state index in [0.717, 1.165) is 12.8 Å². The van der Waals surface area contributed by atoms with Gasteiger partial charge in [-0.15, -0.1) is 0 Å². The van der Waals surface area contributed by atoms with Crippen molar-refractivity contribution < 1.29 is 14.3 Å². The number of halogens is 1. The summed E-state index contributed by atoms with van der Waals surface area (Å²) in [6.07, 6.45) is 4.75. The Kier molecular flexibility index (Phi) is 4.93. The maximum Gasteiger partial charge on any atom is 0.410 e. The minimum atomic E-state index is -0.484. The Bertz CT molecular complexity index is 502. The van der Waals surface area contributed by atoms with Crippen LogP contribution in [0.1, 0.15) is 33.6 Å². The zero-order valence-electron chi connectivity index (χ0n) is 12.6. The first-order chi connectivity index (χ1) is 9.85. The van der Waals surface area contributed by atoms with Crippen LogP contribution in [0.4, 0.5) is 4.79 Å². The summed E-state index contributed by atoms with van der Waals surface area (Å²) < 4.78 is 11.1. The third-order valence-corrected chi connectivity index (χ3v) is 3.33. The van der Waals surface area contributed by atoms with Crippen molar-refractivity contribution in [1.29, 1.82) is 0 Å². The van der Waals surface area contributed by atoms with Crippen molar-refractivity contribution in [1.82, 2.24) is 9.88 Å². The molecule has 6 heteroatoms. The highest BCUT2D eigenvalue weighted by Crippen LogP contribution is 2.22. The van der Waals surface area contributed by atoms with E-state index in [-0.39, 0.29) is 12.1 Å². The molecule has 2 rings (SSSR count). The van der Waals surface area contributed by atoms with Crippen LogP contribution in [0.2, 0.25) is 5.02 Å². The molecule has 1 fully saturated rings. The molecule has 0 unspecified atom stereocenters. The number of likely N-dealkylation sites (tertiary alicyclic amines) is 1. The van der Waals surface area contributed by atoms with Gasteiger partial charge in [-0.25, -0.2) is 4.79 Å². The van der Waals surface area contributed by atoms with Crippen molar-refractivity contribution in [3.63, 3.8) is 0 Å². The lowest BCUT2D eigenvalue weighted by molar-refractivity contribution is 0.0187.